The lowest BCUT2D eigenvalue weighted by Crippen LogP contribution is -2.09. The number of thiazole rings is 1. The molecule has 254 valence electrons. The van der Waals surface area contributed by atoms with Crippen molar-refractivity contribution < 1.29 is 8.83 Å². The minimum atomic E-state index is 0.855. The van der Waals surface area contributed by atoms with Gasteiger partial charge in [0.1, 0.15) is 27.3 Å². The fourth-order valence-corrected chi connectivity index (χ4v) is 8.71. The third-order valence-corrected chi connectivity index (χ3v) is 11.4. The number of nitrogens with zero attached hydrogens (tertiary/aromatic N) is 2. The largest absolute Gasteiger partial charge is 0.456 e. The molecule has 11 aromatic rings. The maximum absolute atomic E-state index is 6.36. The number of aromatic nitrogens is 1. The quantitative estimate of drug-likeness (QED) is 0.172. The van der Waals surface area contributed by atoms with E-state index in [-0.39, 0.29) is 0 Å². The zero-order chi connectivity index (χ0) is 35.6. The van der Waals surface area contributed by atoms with Gasteiger partial charge in [0.25, 0.3) is 0 Å². The van der Waals surface area contributed by atoms with Crippen molar-refractivity contribution in [3.05, 3.63) is 182 Å². The van der Waals surface area contributed by atoms with Gasteiger partial charge < -0.3 is 13.7 Å². The normalized spacial score (nSPS) is 11.7. The molecule has 0 unspecified atom stereocenters. The molecule has 0 aliphatic carbocycles. The molecule has 0 bridgehead atoms. The molecule has 0 radical (unpaired) electrons. The first-order chi connectivity index (χ1) is 26.7. The molecule has 3 heterocycles. The van der Waals surface area contributed by atoms with Crippen LogP contribution in [-0.2, 0) is 0 Å². The Labute approximate surface area is 314 Å². The van der Waals surface area contributed by atoms with Gasteiger partial charge in [-0.05, 0) is 83.4 Å². The Bertz CT molecular complexity index is 3140. The lowest BCUT2D eigenvalue weighted by molar-refractivity contribution is 0.669. The van der Waals surface area contributed by atoms with Crippen molar-refractivity contribution in [2.24, 2.45) is 0 Å². The van der Waals surface area contributed by atoms with Gasteiger partial charge in [0.2, 0.25) is 0 Å². The lowest BCUT2D eigenvalue weighted by atomic mass is 10.0. The number of benzene rings is 8. The summed E-state index contributed by atoms with van der Waals surface area (Å²) in [6.45, 7) is 0. The minimum Gasteiger partial charge on any atom is -0.456 e. The van der Waals surface area contributed by atoms with E-state index in [1.807, 2.05) is 18.2 Å². The van der Waals surface area contributed by atoms with Gasteiger partial charge in [0.05, 0.1) is 15.6 Å². The summed E-state index contributed by atoms with van der Waals surface area (Å²) in [6, 6.07) is 63.8. The smallest absolute Gasteiger partial charge is 0.143 e. The maximum atomic E-state index is 6.36. The molecule has 0 spiro atoms. The molecule has 0 N–H and O–H groups in total. The van der Waals surface area contributed by atoms with Crippen LogP contribution in [0.15, 0.2) is 191 Å². The van der Waals surface area contributed by atoms with Gasteiger partial charge in [-0.2, -0.15) is 0 Å². The Morgan fingerprint density at radius 3 is 1.85 bits per heavy atom. The number of rotatable bonds is 6. The number of hydrogen-bond donors (Lipinski definition) is 0. The molecular formula is C49H30N2O2S. The van der Waals surface area contributed by atoms with Gasteiger partial charge >= 0.3 is 0 Å². The second-order valence-corrected chi connectivity index (χ2v) is 14.6. The first kappa shape index (κ1) is 30.7. The number of fused-ring (bicyclic) bond motifs is 8. The van der Waals surface area contributed by atoms with E-state index in [4.69, 9.17) is 13.8 Å². The van der Waals surface area contributed by atoms with E-state index in [9.17, 15) is 0 Å². The first-order valence-electron chi connectivity index (χ1n) is 18.0. The van der Waals surface area contributed by atoms with Crippen LogP contribution < -0.4 is 4.90 Å². The van der Waals surface area contributed by atoms with Crippen molar-refractivity contribution in [3.63, 3.8) is 0 Å². The maximum Gasteiger partial charge on any atom is 0.143 e. The summed E-state index contributed by atoms with van der Waals surface area (Å²) in [4.78, 5) is 7.41. The zero-order valence-electron chi connectivity index (χ0n) is 28.9. The molecule has 3 aromatic heterocycles. The molecule has 11 rings (SSSR count). The van der Waals surface area contributed by atoms with Crippen molar-refractivity contribution >= 4 is 82.5 Å². The molecule has 5 heteroatoms. The predicted octanol–water partition coefficient (Wildman–Crippen LogP) is 14.6. The van der Waals surface area contributed by atoms with Crippen LogP contribution >= 0.6 is 11.3 Å². The van der Waals surface area contributed by atoms with Gasteiger partial charge in [0.15, 0.2) is 0 Å². The van der Waals surface area contributed by atoms with E-state index in [1.54, 1.807) is 11.3 Å². The van der Waals surface area contributed by atoms with Gasteiger partial charge in [0, 0.05) is 44.3 Å². The van der Waals surface area contributed by atoms with E-state index in [2.05, 4.69) is 169 Å². The Hall–Kier alpha value is -6.95. The minimum absolute atomic E-state index is 0.855. The Morgan fingerprint density at radius 2 is 1.06 bits per heavy atom. The number of hydrogen-bond acceptors (Lipinski definition) is 5. The molecule has 54 heavy (non-hydrogen) atoms. The molecule has 0 aliphatic rings. The summed E-state index contributed by atoms with van der Waals surface area (Å²) in [7, 11) is 0. The van der Waals surface area contributed by atoms with Crippen LogP contribution in [0.2, 0.25) is 0 Å². The van der Waals surface area contributed by atoms with Crippen LogP contribution in [0.5, 0.6) is 0 Å². The Kier molecular flexibility index (Phi) is 7.00. The third kappa shape index (κ3) is 5.01. The van der Waals surface area contributed by atoms with Crippen molar-refractivity contribution in [3.8, 4) is 32.8 Å². The molecule has 8 aromatic carbocycles. The van der Waals surface area contributed by atoms with E-state index >= 15 is 0 Å². The van der Waals surface area contributed by atoms with Crippen molar-refractivity contribution in [1.29, 1.82) is 0 Å². The second-order valence-electron chi connectivity index (χ2n) is 13.5. The van der Waals surface area contributed by atoms with Crippen molar-refractivity contribution in [2.45, 2.75) is 0 Å². The molecule has 0 amide bonds. The number of anilines is 3. The Morgan fingerprint density at radius 1 is 0.426 bits per heavy atom. The van der Waals surface area contributed by atoms with Crippen LogP contribution in [0, 0.1) is 0 Å². The fourth-order valence-electron chi connectivity index (χ4n) is 7.73. The van der Waals surface area contributed by atoms with Gasteiger partial charge in [-0.1, -0.05) is 115 Å². The predicted molar refractivity (Wildman–Crippen MR) is 225 cm³/mol. The number of para-hydroxylation sites is 3. The molecule has 0 atom stereocenters. The van der Waals surface area contributed by atoms with Gasteiger partial charge in [-0.3, -0.25) is 0 Å². The summed E-state index contributed by atoms with van der Waals surface area (Å²) in [5, 5.41) is 5.42. The van der Waals surface area contributed by atoms with Gasteiger partial charge in [-0.15, -0.1) is 11.3 Å². The SMILES string of the molecule is c1ccc(-c2nc3c(ccc4oc5ccc(-c6ccc(N(c7ccccc7)c7ccc(-c8cccc9c8oc8ccccc89)cc7)cc6)cc5c43)s2)cc1. The highest BCUT2D eigenvalue weighted by atomic mass is 32.1. The molecule has 0 fully saturated rings. The molecule has 4 nitrogen and oxygen atoms in total. The van der Waals surface area contributed by atoms with E-state index < -0.39 is 0 Å². The topological polar surface area (TPSA) is 42.4 Å². The molecular weight excluding hydrogens is 681 g/mol. The van der Waals surface area contributed by atoms with Crippen LogP contribution in [0.3, 0.4) is 0 Å². The monoisotopic (exact) mass is 710 g/mol. The van der Waals surface area contributed by atoms with Crippen molar-refractivity contribution in [1.82, 2.24) is 4.98 Å². The first-order valence-corrected chi connectivity index (χ1v) is 18.8. The van der Waals surface area contributed by atoms with E-state index in [0.717, 1.165) is 104 Å². The molecule has 0 saturated heterocycles. The summed E-state index contributed by atoms with van der Waals surface area (Å²) < 4.78 is 13.9. The highest BCUT2D eigenvalue weighted by Crippen LogP contribution is 2.42. The standard InChI is InChI=1S/C49H30N2O2S/c1-3-10-33(11-4-1)49-50-47-45(54-49)29-28-44-46(47)41-30-34(22-27-43(41)52-44)31-18-23-36(24-19-31)51(35-12-5-2-6-13-35)37-25-20-32(21-26-37)38-15-9-16-40-39-14-7-8-17-42(39)53-48(38)40/h1-30H. The summed E-state index contributed by atoms with van der Waals surface area (Å²) in [5.74, 6) is 0. The summed E-state index contributed by atoms with van der Waals surface area (Å²) in [6.07, 6.45) is 0. The van der Waals surface area contributed by atoms with Crippen LogP contribution in [0.25, 0.3) is 86.9 Å². The van der Waals surface area contributed by atoms with Gasteiger partial charge in [-0.25, -0.2) is 4.98 Å². The second kappa shape index (κ2) is 12.3. The average Bonchev–Trinajstić information content (AvgIpc) is 3.95. The van der Waals surface area contributed by atoms with Crippen LogP contribution in [0.4, 0.5) is 17.1 Å². The molecule has 0 saturated carbocycles. The van der Waals surface area contributed by atoms with Crippen molar-refractivity contribution in [2.75, 3.05) is 4.90 Å². The van der Waals surface area contributed by atoms with E-state index in [0.29, 0.717) is 0 Å². The highest BCUT2D eigenvalue weighted by molar-refractivity contribution is 7.21. The highest BCUT2D eigenvalue weighted by Gasteiger charge is 2.18. The zero-order valence-corrected chi connectivity index (χ0v) is 29.8. The third-order valence-electron chi connectivity index (χ3n) is 10.3. The summed E-state index contributed by atoms with van der Waals surface area (Å²) in [5.41, 5.74) is 13.3. The fraction of sp³-hybridized carbons (Fsp3) is 0. The average molecular weight is 711 g/mol. The van der Waals surface area contributed by atoms with Crippen LogP contribution in [0.1, 0.15) is 0 Å². The Balaban J connectivity index is 0.958. The summed E-state index contributed by atoms with van der Waals surface area (Å²) >= 11 is 1.72. The van der Waals surface area contributed by atoms with E-state index in [1.165, 1.54) is 0 Å². The lowest BCUT2D eigenvalue weighted by Gasteiger charge is -2.26. The molecule has 0 aliphatic heterocycles. The van der Waals surface area contributed by atoms with Crippen LogP contribution in [-0.4, -0.2) is 4.98 Å². The number of furan rings is 2.